The van der Waals surface area contributed by atoms with Crippen molar-refractivity contribution in [3.8, 4) is 0 Å². The molecule has 0 heterocycles. The van der Waals surface area contributed by atoms with Crippen molar-refractivity contribution in [1.82, 2.24) is 4.90 Å². The quantitative estimate of drug-likeness (QED) is 0.449. The maximum atomic E-state index is 10.9. The summed E-state index contributed by atoms with van der Waals surface area (Å²) in [5.74, 6) is 0.506. The van der Waals surface area contributed by atoms with Crippen molar-refractivity contribution in [2.45, 2.75) is 20.4 Å². The van der Waals surface area contributed by atoms with Gasteiger partial charge >= 0.3 is 0 Å². The number of benzene rings is 1. The summed E-state index contributed by atoms with van der Waals surface area (Å²) in [4.78, 5) is 12.7. The lowest BCUT2D eigenvalue weighted by Gasteiger charge is -2.24. The Morgan fingerprint density at radius 3 is 2.70 bits per heavy atom. The Hall–Kier alpha value is -1.66. The summed E-state index contributed by atoms with van der Waals surface area (Å²) in [6.45, 7) is 7.16. The van der Waals surface area contributed by atoms with Crippen LogP contribution in [0.2, 0.25) is 0 Å². The summed E-state index contributed by atoms with van der Waals surface area (Å²) in [5.41, 5.74) is 6.90. The zero-order chi connectivity index (χ0) is 15.1. The highest BCUT2D eigenvalue weighted by atomic mass is 16.6. The highest BCUT2D eigenvalue weighted by Crippen LogP contribution is 2.25. The normalized spacial score (nSPS) is 11.2. The van der Waals surface area contributed by atoms with Gasteiger partial charge in [-0.15, -0.1) is 0 Å². The van der Waals surface area contributed by atoms with Crippen LogP contribution in [-0.4, -0.2) is 36.6 Å². The van der Waals surface area contributed by atoms with Gasteiger partial charge in [0.2, 0.25) is 0 Å². The standard InChI is InChI=1S/C14H23N3O3/c1-11(2)9-16(7-8-20-3)10-12-5-4-6-13(14(12)15)17(18)19/h4-6,11H,7-10,15H2,1-3H3. The van der Waals surface area contributed by atoms with Crippen LogP contribution in [0.3, 0.4) is 0 Å². The fourth-order valence-electron chi connectivity index (χ4n) is 2.11. The van der Waals surface area contributed by atoms with E-state index in [9.17, 15) is 10.1 Å². The first-order chi connectivity index (χ1) is 9.45. The van der Waals surface area contributed by atoms with Crippen molar-refractivity contribution in [1.29, 1.82) is 0 Å². The van der Waals surface area contributed by atoms with Crippen LogP contribution in [0.1, 0.15) is 19.4 Å². The SMILES string of the molecule is COCCN(Cc1cccc([N+](=O)[O-])c1N)CC(C)C. The van der Waals surface area contributed by atoms with Gasteiger partial charge in [-0.2, -0.15) is 0 Å². The van der Waals surface area contributed by atoms with Crippen LogP contribution in [0, 0.1) is 16.0 Å². The monoisotopic (exact) mass is 281 g/mol. The van der Waals surface area contributed by atoms with E-state index >= 15 is 0 Å². The van der Waals surface area contributed by atoms with E-state index in [2.05, 4.69) is 18.7 Å². The van der Waals surface area contributed by atoms with E-state index in [1.165, 1.54) is 6.07 Å². The number of hydrogen-bond donors (Lipinski definition) is 1. The Morgan fingerprint density at radius 1 is 1.45 bits per heavy atom. The summed E-state index contributed by atoms with van der Waals surface area (Å²) in [7, 11) is 1.66. The molecule has 0 aliphatic carbocycles. The third kappa shape index (κ3) is 4.79. The third-order valence-electron chi connectivity index (χ3n) is 3.00. The smallest absolute Gasteiger partial charge is 0.292 e. The van der Waals surface area contributed by atoms with E-state index < -0.39 is 4.92 Å². The van der Waals surface area contributed by atoms with Crippen molar-refractivity contribution >= 4 is 11.4 Å². The van der Waals surface area contributed by atoms with Crippen molar-refractivity contribution in [2.75, 3.05) is 32.5 Å². The first-order valence-electron chi connectivity index (χ1n) is 6.68. The molecule has 0 saturated carbocycles. The Bertz CT molecular complexity index is 449. The van der Waals surface area contributed by atoms with E-state index in [-0.39, 0.29) is 11.4 Å². The number of nitro benzene ring substituents is 1. The number of ether oxygens (including phenoxy) is 1. The number of nitrogens with two attached hydrogens (primary N) is 1. The van der Waals surface area contributed by atoms with Gasteiger partial charge in [0.15, 0.2) is 0 Å². The summed E-state index contributed by atoms with van der Waals surface area (Å²) in [6, 6.07) is 4.94. The molecule has 0 bridgehead atoms. The van der Waals surface area contributed by atoms with Crippen LogP contribution in [0.15, 0.2) is 18.2 Å². The van der Waals surface area contributed by atoms with Crippen molar-refractivity contribution in [2.24, 2.45) is 5.92 Å². The highest BCUT2D eigenvalue weighted by Gasteiger charge is 2.16. The van der Waals surface area contributed by atoms with Gasteiger partial charge < -0.3 is 10.5 Å². The molecule has 0 atom stereocenters. The lowest BCUT2D eigenvalue weighted by Crippen LogP contribution is -2.31. The molecule has 2 N–H and O–H groups in total. The molecule has 20 heavy (non-hydrogen) atoms. The second-order valence-corrected chi connectivity index (χ2v) is 5.23. The summed E-state index contributed by atoms with van der Waals surface area (Å²) < 4.78 is 5.10. The molecule has 0 saturated heterocycles. The lowest BCUT2D eigenvalue weighted by atomic mass is 10.1. The average molecular weight is 281 g/mol. The number of methoxy groups -OCH3 is 1. The van der Waals surface area contributed by atoms with E-state index in [4.69, 9.17) is 10.5 Å². The topological polar surface area (TPSA) is 81.6 Å². The fraction of sp³-hybridized carbons (Fsp3) is 0.571. The second kappa shape index (κ2) is 7.81. The highest BCUT2D eigenvalue weighted by molar-refractivity contribution is 5.62. The number of rotatable bonds is 8. The van der Waals surface area contributed by atoms with Gasteiger partial charge in [-0.3, -0.25) is 15.0 Å². The van der Waals surface area contributed by atoms with Gasteiger partial charge in [0.1, 0.15) is 5.69 Å². The molecule has 0 fully saturated rings. The molecule has 0 aliphatic heterocycles. The molecule has 1 aromatic carbocycles. The molecule has 0 aromatic heterocycles. The van der Waals surface area contributed by atoms with E-state index in [0.29, 0.717) is 19.1 Å². The Kier molecular flexibility index (Phi) is 6.41. The Labute approximate surface area is 119 Å². The predicted molar refractivity (Wildman–Crippen MR) is 79.5 cm³/mol. The van der Waals surface area contributed by atoms with Crippen LogP contribution in [0.4, 0.5) is 11.4 Å². The summed E-state index contributed by atoms with van der Waals surface area (Å²) in [6.07, 6.45) is 0. The molecular formula is C14H23N3O3. The number of anilines is 1. The molecule has 0 radical (unpaired) electrons. The van der Waals surface area contributed by atoms with Crippen LogP contribution >= 0.6 is 0 Å². The zero-order valence-corrected chi connectivity index (χ0v) is 12.3. The second-order valence-electron chi connectivity index (χ2n) is 5.23. The van der Waals surface area contributed by atoms with Gasteiger partial charge in [-0.05, 0) is 11.5 Å². The Morgan fingerprint density at radius 2 is 2.15 bits per heavy atom. The number of nitrogen functional groups attached to an aromatic ring is 1. The van der Waals surface area contributed by atoms with E-state index in [1.54, 1.807) is 13.2 Å². The molecule has 1 rings (SSSR count). The largest absolute Gasteiger partial charge is 0.393 e. The minimum atomic E-state index is -0.444. The van der Waals surface area contributed by atoms with E-state index in [0.717, 1.165) is 18.7 Å². The van der Waals surface area contributed by atoms with Crippen molar-refractivity contribution < 1.29 is 9.66 Å². The zero-order valence-electron chi connectivity index (χ0n) is 12.3. The van der Waals surface area contributed by atoms with Gasteiger partial charge in [0.05, 0.1) is 11.5 Å². The molecule has 0 amide bonds. The number of hydrogen-bond acceptors (Lipinski definition) is 5. The minimum absolute atomic E-state index is 0.0289. The number of para-hydroxylation sites is 1. The van der Waals surface area contributed by atoms with Gasteiger partial charge in [0.25, 0.3) is 5.69 Å². The molecule has 0 unspecified atom stereocenters. The molecule has 1 aromatic rings. The molecule has 6 heteroatoms. The molecule has 112 valence electrons. The fourth-order valence-corrected chi connectivity index (χ4v) is 2.11. The minimum Gasteiger partial charge on any atom is -0.393 e. The lowest BCUT2D eigenvalue weighted by molar-refractivity contribution is -0.384. The van der Waals surface area contributed by atoms with Crippen LogP contribution in [0.5, 0.6) is 0 Å². The molecular weight excluding hydrogens is 258 g/mol. The third-order valence-corrected chi connectivity index (χ3v) is 3.00. The number of nitrogens with zero attached hydrogens (tertiary/aromatic N) is 2. The van der Waals surface area contributed by atoms with Crippen LogP contribution < -0.4 is 5.73 Å². The molecule has 0 spiro atoms. The van der Waals surface area contributed by atoms with Crippen LogP contribution in [0.25, 0.3) is 0 Å². The average Bonchev–Trinajstić information content (AvgIpc) is 2.37. The van der Waals surface area contributed by atoms with Crippen LogP contribution in [-0.2, 0) is 11.3 Å². The first kappa shape index (κ1) is 16.4. The molecule has 6 nitrogen and oxygen atoms in total. The summed E-state index contributed by atoms with van der Waals surface area (Å²) in [5, 5.41) is 10.9. The number of nitro groups is 1. The van der Waals surface area contributed by atoms with Crippen molar-refractivity contribution in [3.63, 3.8) is 0 Å². The Balaban J connectivity index is 2.87. The van der Waals surface area contributed by atoms with Crippen molar-refractivity contribution in [3.05, 3.63) is 33.9 Å². The van der Waals surface area contributed by atoms with Gasteiger partial charge in [-0.25, -0.2) is 0 Å². The van der Waals surface area contributed by atoms with E-state index in [1.807, 2.05) is 6.07 Å². The maximum Gasteiger partial charge on any atom is 0.292 e. The first-order valence-corrected chi connectivity index (χ1v) is 6.68. The predicted octanol–water partition coefficient (Wildman–Crippen LogP) is 2.28. The van der Waals surface area contributed by atoms with Gasteiger partial charge in [0, 0.05) is 32.8 Å². The van der Waals surface area contributed by atoms with Gasteiger partial charge in [-0.1, -0.05) is 26.0 Å². The maximum absolute atomic E-state index is 10.9. The molecule has 0 aliphatic rings. The summed E-state index contributed by atoms with van der Waals surface area (Å²) >= 11 is 0.